The summed E-state index contributed by atoms with van der Waals surface area (Å²) in [5.41, 5.74) is 1.82. The molecule has 1 aromatic heterocycles. The summed E-state index contributed by atoms with van der Waals surface area (Å²) in [4.78, 5) is 12.9. The molecule has 0 aliphatic heterocycles. The molecule has 3 aromatic carbocycles. The molecule has 0 radical (unpaired) electrons. The van der Waals surface area contributed by atoms with E-state index in [0.717, 1.165) is 5.56 Å². The Bertz CT molecular complexity index is 1510. The molecule has 0 aliphatic carbocycles. The van der Waals surface area contributed by atoms with Crippen LogP contribution in [0.2, 0.25) is 0 Å². The van der Waals surface area contributed by atoms with Gasteiger partial charge in [-0.25, -0.2) is 8.42 Å². The van der Waals surface area contributed by atoms with Crippen LogP contribution in [0.3, 0.4) is 0 Å². The monoisotopic (exact) mass is 524 g/mol. The lowest BCUT2D eigenvalue weighted by Crippen LogP contribution is -2.15. The number of aromatic nitrogens is 2. The Morgan fingerprint density at radius 3 is 2.19 bits per heavy atom. The molecule has 0 bridgehead atoms. The van der Waals surface area contributed by atoms with Crippen LogP contribution in [0.1, 0.15) is 15.9 Å². The lowest BCUT2D eigenvalue weighted by atomic mass is 10.2. The number of benzene rings is 3. The van der Waals surface area contributed by atoms with Crippen LogP contribution < -0.4 is 24.2 Å². The second kappa shape index (κ2) is 10.6. The minimum Gasteiger partial charge on any atom is -0.493 e. The highest BCUT2D eigenvalue weighted by molar-refractivity contribution is 7.92. The summed E-state index contributed by atoms with van der Waals surface area (Å²) in [6, 6.07) is 15.5. The van der Waals surface area contributed by atoms with Gasteiger partial charge >= 0.3 is 6.01 Å². The van der Waals surface area contributed by atoms with Gasteiger partial charge in [-0.15, -0.1) is 5.10 Å². The predicted octanol–water partition coefficient (Wildman–Crippen LogP) is 4.12. The Kier molecular flexibility index (Phi) is 7.30. The molecule has 2 N–H and O–H groups in total. The fraction of sp³-hybridized carbons (Fsp3) is 0.160. The largest absolute Gasteiger partial charge is 0.493 e. The summed E-state index contributed by atoms with van der Waals surface area (Å²) in [5, 5.41) is 10.3. The zero-order chi connectivity index (χ0) is 26.6. The maximum atomic E-state index is 12.8. The Morgan fingerprint density at radius 1 is 0.892 bits per heavy atom. The Labute approximate surface area is 213 Å². The molecule has 0 fully saturated rings. The summed E-state index contributed by atoms with van der Waals surface area (Å²) in [5.74, 6) is 0.724. The van der Waals surface area contributed by atoms with E-state index in [0.29, 0.717) is 22.8 Å². The van der Waals surface area contributed by atoms with Gasteiger partial charge in [0.05, 0.1) is 26.2 Å². The van der Waals surface area contributed by atoms with Gasteiger partial charge in [0.25, 0.3) is 15.9 Å². The highest BCUT2D eigenvalue weighted by Crippen LogP contribution is 2.41. The Morgan fingerprint density at radius 2 is 1.57 bits per heavy atom. The van der Waals surface area contributed by atoms with E-state index < -0.39 is 15.9 Å². The molecule has 4 aromatic rings. The van der Waals surface area contributed by atoms with Crippen molar-refractivity contribution in [2.24, 2.45) is 0 Å². The Balaban J connectivity index is 1.51. The third-order valence-corrected chi connectivity index (χ3v) is 6.66. The van der Waals surface area contributed by atoms with Crippen molar-refractivity contribution in [3.63, 3.8) is 0 Å². The number of aryl methyl sites for hydroxylation is 1. The number of ether oxygens (including phenoxy) is 3. The maximum absolute atomic E-state index is 12.8. The standard InChI is InChI=1S/C25H24N4O7S/c1-15-8-10-19(11-9-15)37(31,32)29-18-7-5-6-16(12-18)23(30)26-25-28-27-24(36-25)17-13-20(33-2)22(35-4)21(14-17)34-3/h5-14,29H,1-4H3,(H,26,28,30). The third kappa shape index (κ3) is 5.64. The highest BCUT2D eigenvalue weighted by atomic mass is 32.2. The first kappa shape index (κ1) is 25.5. The van der Waals surface area contributed by atoms with E-state index in [1.807, 2.05) is 6.92 Å². The van der Waals surface area contributed by atoms with Gasteiger partial charge in [-0.05, 0) is 49.4 Å². The lowest BCUT2D eigenvalue weighted by Gasteiger charge is -2.12. The molecule has 0 unspecified atom stereocenters. The van der Waals surface area contributed by atoms with Crippen molar-refractivity contribution in [3.8, 4) is 28.7 Å². The van der Waals surface area contributed by atoms with E-state index >= 15 is 0 Å². The number of anilines is 2. The van der Waals surface area contributed by atoms with Crippen LogP contribution in [-0.4, -0.2) is 45.9 Å². The quantitative estimate of drug-likeness (QED) is 0.330. The zero-order valence-electron chi connectivity index (χ0n) is 20.4. The van der Waals surface area contributed by atoms with Crippen LogP contribution in [0.25, 0.3) is 11.5 Å². The summed E-state index contributed by atoms with van der Waals surface area (Å²) >= 11 is 0. The number of nitrogens with zero attached hydrogens (tertiary/aromatic N) is 2. The molecule has 0 aliphatic rings. The van der Waals surface area contributed by atoms with Crippen LogP contribution in [0.5, 0.6) is 17.2 Å². The molecule has 1 amide bonds. The van der Waals surface area contributed by atoms with Crippen molar-refractivity contribution in [2.75, 3.05) is 31.4 Å². The number of sulfonamides is 1. The van der Waals surface area contributed by atoms with E-state index in [2.05, 4.69) is 20.2 Å². The van der Waals surface area contributed by atoms with E-state index in [9.17, 15) is 13.2 Å². The van der Waals surface area contributed by atoms with Crippen molar-refractivity contribution in [3.05, 3.63) is 71.8 Å². The smallest absolute Gasteiger partial charge is 0.322 e. The number of carbonyl (C=O) groups is 1. The average Bonchev–Trinajstić information content (AvgIpc) is 3.36. The van der Waals surface area contributed by atoms with Gasteiger partial charge in [0.15, 0.2) is 11.5 Å². The van der Waals surface area contributed by atoms with Gasteiger partial charge in [0.1, 0.15) is 0 Å². The first-order chi connectivity index (χ1) is 17.7. The minimum absolute atomic E-state index is 0.106. The maximum Gasteiger partial charge on any atom is 0.322 e. The zero-order valence-corrected chi connectivity index (χ0v) is 21.3. The average molecular weight is 525 g/mol. The number of rotatable bonds is 9. The van der Waals surface area contributed by atoms with Crippen molar-refractivity contribution in [1.82, 2.24) is 10.2 Å². The van der Waals surface area contributed by atoms with E-state index in [4.69, 9.17) is 18.6 Å². The molecule has 12 heteroatoms. The van der Waals surface area contributed by atoms with Gasteiger partial charge in [0, 0.05) is 16.8 Å². The van der Waals surface area contributed by atoms with Gasteiger partial charge in [0.2, 0.25) is 11.6 Å². The van der Waals surface area contributed by atoms with Gasteiger partial charge in [-0.3, -0.25) is 14.8 Å². The number of amides is 1. The summed E-state index contributed by atoms with van der Waals surface area (Å²) in [6.45, 7) is 1.86. The molecular formula is C25H24N4O7S. The van der Waals surface area contributed by atoms with Crippen molar-refractivity contribution in [1.29, 1.82) is 0 Å². The topological polar surface area (TPSA) is 142 Å². The predicted molar refractivity (Wildman–Crippen MR) is 136 cm³/mol. The van der Waals surface area contributed by atoms with Crippen LogP contribution >= 0.6 is 0 Å². The molecule has 0 saturated heterocycles. The first-order valence-corrected chi connectivity index (χ1v) is 12.4. The van der Waals surface area contributed by atoms with Crippen molar-refractivity contribution in [2.45, 2.75) is 11.8 Å². The molecule has 0 atom stereocenters. The molecule has 192 valence electrons. The lowest BCUT2D eigenvalue weighted by molar-refractivity contribution is 0.102. The summed E-state index contributed by atoms with van der Waals surface area (Å²) in [7, 11) is 0.625. The summed E-state index contributed by atoms with van der Waals surface area (Å²) < 4.78 is 49.4. The fourth-order valence-corrected chi connectivity index (χ4v) is 4.47. The number of hydrogen-bond donors (Lipinski definition) is 2. The van der Waals surface area contributed by atoms with Crippen LogP contribution in [0.4, 0.5) is 11.7 Å². The summed E-state index contributed by atoms with van der Waals surface area (Å²) in [6.07, 6.45) is 0. The highest BCUT2D eigenvalue weighted by Gasteiger charge is 2.19. The number of nitrogens with one attached hydrogen (secondary N) is 2. The normalized spacial score (nSPS) is 11.0. The van der Waals surface area contributed by atoms with Crippen LogP contribution in [0, 0.1) is 6.92 Å². The second-order valence-electron chi connectivity index (χ2n) is 7.78. The molecule has 0 spiro atoms. The second-order valence-corrected chi connectivity index (χ2v) is 9.46. The molecule has 11 nitrogen and oxygen atoms in total. The van der Waals surface area contributed by atoms with Crippen LogP contribution in [0.15, 0.2) is 70.0 Å². The van der Waals surface area contributed by atoms with Crippen molar-refractivity contribution < 1.29 is 31.8 Å². The van der Waals surface area contributed by atoms with Crippen LogP contribution in [-0.2, 0) is 10.0 Å². The van der Waals surface area contributed by atoms with E-state index in [1.165, 1.54) is 51.7 Å². The van der Waals surface area contributed by atoms with Gasteiger partial charge in [-0.1, -0.05) is 28.9 Å². The molecule has 0 saturated carbocycles. The number of hydrogen-bond acceptors (Lipinski definition) is 9. The molecular weight excluding hydrogens is 500 g/mol. The molecule has 4 rings (SSSR count). The van der Waals surface area contributed by atoms with E-state index in [-0.39, 0.29) is 28.1 Å². The number of methoxy groups -OCH3 is 3. The molecule has 37 heavy (non-hydrogen) atoms. The SMILES string of the molecule is COc1cc(-c2nnc(NC(=O)c3cccc(NS(=O)(=O)c4ccc(C)cc4)c3)o2)cc(OC)c1OC. The van der Waals surface area contributed by atoms with Crippen molar-refractivity contribution >= 4 is 27.6 Å². The fourth-order valence-electron chi connectivity index (χ4n) is 3.42. The Hall–Kier alpha value is -4.58. The third-order valence-electron chi connectivity index (χ3n) is 5.27. The first-order valence-electron chi connectivity index (χ1n) is 10.9. The minimum atomic E-state index is -3.83. The van der Waals surface area contributed by atoms with E-state index in [1.54, 1.807) is 30.3 Å². The van der Waals surface area contributed by atoms with Gasteiger partial charge in [-0.2, -0.15) is 0 Å². The molecule has 1 heterocycles. The number of carbonyl (C=O) groups excluding carboxylic acids is 1. The van der Waals surface area contributed by atoms with Gasteiger partial charge < -0.3 is 18.6 Å².